The van der Waals surface area contributed by atoms with Gasteiger partial charge in [0.15, 0.2) is 5.82 Å². The number of carbonyl (C=O) groups is 2. The molecule has 1 aromatic carbocycles. The molecule has 1 aliphatic heterocycles. The lowest BCUT2D eigenvalue weighted by molar-refractivity contribution is -0.135. The largest absolute Gasteiger partial charge is 0.568 e. The second kappa shape index (κ2) is 9.56. The number of primary amides is 1. The molecule has 2 aliphatic carbocycles. The van der Waals surface area contributed by atoms with Crippen LogP contribution in [0.3, 0.4) is 0 Å². The van der Waals surface area contributed by atoms with E-state index in [0.29, 0.717) is 18.4 Å². The molecule has 0 spiro atoms. The summed E-state index contributed by atoms with van der Waals surface area (Å²) in [5.74, 6) is 0.736. The van der Waals surface area contributed by atoms with E-state index >= 15 is 0 Å². The van der Waals surface area contributed by atoms with Crippen molar-refractivity contribution in [1.82, 2.24) is 14.6 Å². The lowest BCUT2D eigenvalue weighted by Crippen LogP contribution is -2.47. The highest BCUT2D eigenvalue weighted by Gasteiger charge is 2.53. The third-order valence-electron chi connectivity index (χ3n) is 7.91. The molecule has 8 nitrogen and oxygen atoms in total. The topological polar surface area (TPSA) is 115 Å². The molecule has 5 rings (SSSR count). The summed E-state index contributed by atoms with van der Waals surface area (Å²) in [6.07, 6.45) is 5.00. The molecule has 2 aromatic rings. The number of nitrogens with two attached hydrogens (primary N) is 1. The van der Waals surface area contributed by atoms with Crippen LogP contribution in [0.15, 0.2) is 24.3 Å². The normalized spacial score (nSPS) is 27.9. The summed E-state index contributed by atoms with van der Waals surface area (Å²) in [6.45, 7) is 5.30. The Balaban J connectivity index is 1.03. The van der Waals surface area contributed by atoms with Gasteiger partial charge in [0, 0.05) is 38.8 Å². The standard InChI is InChI=1S/C24H33N5O3S/c25-22(30)20-16-7-8-17(15-16)21(20)24(31)26-9-3-4-10-28-11-13-29(14-12-28)23-18-5-1-2-6-19(18)33(32)27-23/h1-2,5-6,16-17,20-21H,3-4,7-15H2,(H2,25,30)(H,26,31). The summed E-state index contributed by atoms with van der Waals surface area (Å²) in [6, 6.07) is 7.77. The summed E-state index contributed by atoms with van der Waals surface area (Å²) in [4.78, 5) is 29.3. The monoisotopic (exact) mass is 471 g/mol. The molecule has 2 heterocycles. The van der Waals surface area contributed by atoms with Crippen molar-refractivity contribution in [2.24, 2.45) is 29.4 Å². The van der Waals surface area contributed by atoms with Crippen LogP contribution in [0.25, 0.3) is 10.1 Å². The van der Waals surface area contributed by atoms with E-state index in [4.69, 9.17) is 5.73 Å². The van der Waals surface area contributed by atoms with Gasteiger partial charge in [-0.25, -0.2) is 0 Å². The minimum absolute atomic E-state index is 0.0228. The van der Waals surface area contributed by atoms with Gasteiger partial charge < -0.3 is 20.5 Å². The van der Waals surface area contributed by atoms with E-state index < -0.39 is 10.9 Å². The zero-order valence-electron chi connectivity index (χ0n) is 18.9. The van der Waals surface area contributed by atoms with E-state index in [1.807, 2.05) is 24.3 Å². The van der Waals surface area contributed by atoms with Gasteiger partial charge in [-0.05, 0) is 60.9 Å². The first-order valence-corrected chi connectivity index (χ1v) is 13.3. The summed E-state index contributed by atoms with van der Waals surface area (Å²) in [5, 5.41) is 4.07. The maximum atomic E-state index is 12.7. The molecule has 1 aromatic heterocycles. The van der Waals surface area contributed by atoms with Crippen molar-refractivity contribution >= 4 is 38.7 Å². The number of benzene rings is 1. The van der Waals surface area contributed by atoms with Gasteiger partial charge >= 0.3 is 0 Å². The Kier molecular flexibility index (Phi) is 6.53. The molecule has 2 bridgehead atoms. The van der Waals surface area contributed by atoms with Crippen LogP contribution in [-0.2, 0) is 9.59 Å². The van der Waals surface area contributed by atoms with E-state index in [0.717, 1.165) is 80.7 Å². The number of hydrogen-bond donors (Lipinski definition) is 2. The first-order chi connectivity index (χ1) is 16.0. The van der Waals surface area contributed by atoms with Gasteiger partial charge in [-0.15, -0.1) is 0 Å². The van der Waals surface area contributed by atoms with E-state index in [2.05, 4.69) is 19.5 Å². The number of rotatable bonds is 8. The molecule has 5 atom stereocenters. The van der Waals surface area contributed by atoms with Crippen LogP contribution < -0.4 is 16.0 Å². The number of hydrogen-bond acceptors (Lipinski definition) is 6. The van der Waals surface area contributed by atoms with Crippen LogP contribution in [0.4, 0.5) is 5.82 Å². The van der Waals surface area contributed by atoms with E-state index in [1.54, 1.807) is 0 Å². The summed E-state index contributed by atoms with van der Waals surface area (Å²) >= 11 is 0. The number of amides is 2. The second-order valence-electron chi connectivity index (χ2n) is 9.77. The Hall–Kier alpha value is -2.23. The van der Waals surface area contributed by atoms with Crippen molar-refractivity contribution in [3.05, 3.63) is 24.3 Å². The Bertz CT molecular complexity index is 1020. The number of piperazine rings is 1. The molecule has 5 unspecified atom stereocenters. The number of fused-ring (bicyclic) bond motifs is 3. The first kappa shape index (κ1) is 22.6. The smallest absolute Gasteiger partial charge is 0.224 e. The molecule has 178 valence electrons. The van der Waals surface area contributed by atoms with Gasteiger partial charge in [0.1, 0.15) is 0 Å². The molecule has 3 aliphatic rings. The maximum Gasteiger partial charge on any atom is 0.224 e. The fourth-order valence-corrected chi connectivity index (χ4v) is 7.27. The van der Waals surface area contributed by atoms with Crippen LogP contribution in [0.5, 0.6) is 0 Å². The highest BCUT2D eigenvalue weighted by Crippen LogP contribution is 2.52. The third-order valence-corrected chi connectivity index (χ3v) is 8.98. The van der Waals surface area contributed by atoms with Crippen LogP contribution in [0, 0.1) is 23.7 Å². The predicted octanol–water partition coefficient (Wildman–Crippen LogP) is 2.13. The van der Waals surface area contributed by atoms with Crippen LogP contribution in [0.1, 0.15) is 32.1 Å². The quantitative estimate of drug-likeness (QED) is 0.450. The Morgan fingerprint density at radius 1 is 1.09 bits per heavy atom. The fourth-order valence-electron chi connectivity index (χ4n) is 6.26. The van der Waals surface area contributed by atoms with E-state index in [-0.39, 0.29) is 23.7 Å². The van der Waals surface area contributed by atoms with Crippen molar-refractivity contribution in [3.63, 3.8) is 0 Å². The first-order valence-electron chi connectivity index (χ1n) is 12.2. The highest BCUT2D eigenvalue weighted by molar-refractivity contribution is 7.26. The van der Waals surface area contributed by atoms with Gasteiger partial charge in [-0.2, -0.15) is 0 Å². The molecule has 9 heteroatoms. The van der Waals surface area contributed by atoms with Crippen molar-refractivity contribution in [3.8, 4) is 0 Å². The molecule has 33 heavy (non-hydrogen) atoms. The van der Waals surface area contributed by atoms with Crippen LogP contribution in [-0.4, -0.2) is 64.9 Å². The molecular weight excluding hydrogens is 438 g/mol. The predicted molar refractivity (Wildman–Crippen MR) is 128 cm³/mol. The second-order valence-corrected chi connectivity index (χ2v) is 10.9. The van der Waals surface area contributed by atoms with Crippen molar-refractivity contribution in [2.45, 2.75) is 32.1 Å². The Morgan fingerprint density at radius 2 is 1.82 bits per heavy atom. The van der Waals surface area contributed by atoms with Gasteiger partial charge in [-0.1, -0.05) is 12.1 Å². The van der Waals surface area contributed by atoms with Gasteiger partial charge in [0.25, 0.3) is 0 Å². The van der Waals surface area contributed by atoms with Crippen molar-refractivity contribution < 1.29 is 14.1 Å². The molecule has 3 fully saturated rings. The molecule has 2 saturated carbocycles. The molecule has 3 N–H and O–H groups in total. The number of aromatic nitrogens is 1. The Labute approximate surface area is 197 Å². The zero-order chi connectivity index (χ0) is 22.9. The average molecular weight is 472 g/mol. The van der Waals surface area contributed by atoms with E-state index in [1.165, 1.54) is 0 Å². The number of nitrogens with one attached hydrogen (secondary N) is 1. The molecule has 0 radical (unpaired) electrons. The summed E-state index contributed by atoms with van der Waals surface area (Å²) in [7, 11) is -1.28. The van der Waals surface area contributed by atoms with Crippen molar-refractivity contribution in [2.75, 3.05) is 44.2 Å². The van der Waals surface area contributed by atoms with Crippen LogP contribution >= 0.6 is 10.9 Å². The fraction of sp³-hybridized carbons (Fsp3) is 0.625. The van der Waals surface area contributed by atoms with Gasteiger partial charge in [0.05, 0.1) is 28.2 Å². The third kappa shape index (κ3) is 4.46. The van der Waals surface area contributed by atoms with Crippen molar-refractivity contribution in [1.29, 1.82) is 0 Å². The maximum absolute atomic E-state index is 12.7. The summed E-state index contributed by atoms with van der Waals surface area (Å²) in [5.41, 5.74) is 5.60. The average Bonchev–Trinajstić information content (AvgIpc) is 3.53. The number of carbonyl (C=O) groups excluding carboxylic acids is 2. The minimum atomic E-state index is -1.28. The zero-order valence-corrected chi connectivity index (χ0v) is 19.8. The molecule has 2 amide bonds. The van der Waals surface area contributed by atoms with Crippen LogP contribution in [0.2, 0.25) is 0 Å². The lowest BCUT2D eigenvalue weighted by atomic mass is 9.78. The highest BCUT2D eigenvalue weighted by atomic mass is 32.2. The number of anilines is 1. The lowest BCUT2D eigenvalue weighted by Gasteiger charge is -2.34. The Morgan fingerprint density at radius 3 is 2.58 bits per heavy atom. The van der Waals surface area contributed by atoms with Gasteiger partial charge in [0.2, 0.25) is 16.5 Å². The van der Waals surface area contributed by atoms with Gasteiger partial charge in [-0.3, -0.25) is 14.5 Å². The number of unbranched alkanes of at least 4 members (excludes halogenated alkanes) is 1. The summed E-state index contributed by atoms with van der Waals surface area (Å²) < 4.78 is 17.4. The molecule has 1 saturated heterocycles. The number of nitrogens with zero attached hydrogens (tertiary/aromatic N) is 3. The minimum Gasteiger partial charge on any atom is -0.568 e. The molecular formula is C24H33N5O3S. The SMILES string of the molecule is NC(=O)C1C2CCC(C2)C1C(=O)NCCCCN1CCN(c2n[s+]([O-])c3ccccc23)CC1. The van der Waals surface area contributed by atoms with E-state index in [9.17, 15) is 14.1 Å².